The summed E-state index contributed by atoms with van der Waals surface area (Å²) in [5, 5.41) is 3.32. The lowest BCUT2D eigenvalue weighted by Gasteiger charge is -2.19. The number of fused-ring (bicyclic) bond motifs is 1. The molecule has 39 heavy (non-hydrogen) atoms. The van der Waals surface area contributed by atoms with E-state index in [0.717, 1.165) is 33.7 Å². The van der Waals surface area contributed by atoms with Crippen molar-refractivity contribution in [2.24, 2.45) is 0 Å². The first-order chi connectivity index (χ1) is 18.7. The smallest absolute Gasteiger partial charge is 0.417 e. The van der Waals surface area contributed by atoms with E-state index in [2.05, 4.69) is 22.0 Å². The Bertz CT molecular complexity index is 1590. The predicted octanol–water partition coefficient (Wildman–Crippen LogP) is 8.10. The van der Waals surface area contributed by atoms with E-state index in [9.17, 15) is 18.0 Å². The lowest BCUT2D eigenvalue weighted by molar-refractivity contribution is -0.137. The second kappa shape index (κ2) is 11.0. The molecule has 0 aliphatic heterocycles. The lowest BCUT2D eigenvalue weighted by atomic mass is 9.87. The molecule has 0 bridgehead atoms. The van der Waals surface area contributed by atoms with E-state index in [0.29, 0.717) is 17.9 Å². The average Bonchev–Trinajstić information content (AvgIpc) is 3.56. The standard InChI is InChI=1S/C31H26ClF3N2O2/c1-20-8-10-21(11-9-20)18-37-19-26(24-6-2-3-7-29(24)37)25(16-30(38)36-17-23-5-4-14-39-23)22-12-13-28(32)27(15-22)31(33,34)35/h2-15,19,25H,16-18H2,1H3,(H,36,38)/t25-/m0/s1. The number of amides is 1. The van der Waals surface area contributed by atoms with E-state index in [1.807, 2.05) is 49.5 Å². The highest BCUT2D eigenvalue weighted by Gasteiger charge is 2.34. The highest BCUT2D eigenvalue weighted by molar-refractivity contribution is 6.31. The van der Waals surface area contributed by atoms with Crippen LogP contribution in [0.2, 0.25) is 5.02 Å². The van der Waals surface area contributed by atoms with Gasteiger partial charge in [-0.2, -0.15) is 13.2 Å². The Morgan fingerprint density at radius 1 is 1.03 bits per heavy atom. The van der Waals surface area contributed by atoms with Crippen LogP contribution in [0.15, 0.2) is 95.7 Å². The number of hydrogen-bond acceptors (Lipinski definition) is 2. The van der Waals surface area contributed by atoms with Gasteiger partial charge in [-0.3, -0.25) is 4.79 Å². The fraction of sp³-hybridized carbons (Fsp3) is 0.194. The Balaban J connectivity index is 1.57. The van der Waals surface area contributed by atoms with Crippen LogP contribution in [0.4, 0.5) is 13.2 Å². The summed E-state index contributed by atoms with van der Waals surface area (Å²) in [5.41, 5.74) is 3.37. The number of benzene rings is 3. The molecule has 0 spiro atoms. The van der Waals surface area contributed by atoms with Gasteiger partial charge in [-0.25, -0.2) is 0 Å². The number of nitrogens with one attached hydrogen (secondary N) is 1. The van der Waals surface area contributed by atoms with Crippen molar-refractivity contribution in [1.29, 1.82) is 0 Å². The number of alkyl halides is 3. The van der Waals surface area contributed by atoms with Crippen molar-refractivity contribution in [2.45, 2.75) is 38.5 Å². The number of carbonyl (C=O) groups is 1. The number of rotatable bonds is 8. The van der Waals surface area contributed by atoms with Gasteiger partial charge in [0.25, 0.3) is 0 Å². The molecule has 200 valence electrons. The van der Waals surface area contributed by atoms with Gasteiger partial charge in [-0.05, 0) is 53.9 Å². The van der Waals surface area contributed by atoms with Crippen LogP contribution >= 0.6 is 11.6 Å². The molecule has 5 aromatic rings. The first-order valence-corrected chi connectivity index (χ1v) is 12.9. The van der Waals surface area contributed by atoms with Crippen LogP contribution in [0.3, 0.4) is 0 Å². The molecular weight excluding hydrogens is 525 g/mol. The lowest BCUT2D eigenvalue weighted by Crippen LogP contribution is -2.25. The van der Waals surface area contributed by atoms with Gasteiger partial charge in [0.15, 0.2) is 0 Å². The molecule has 5 rings (SSSR count). The third kappa shape index (κ3) is 6.04. The molecule has 0 saturated carbocycles. The molecule has 2 aromatic heterocycles. The average molecular weight is 551 g/mol. The highest BCUT2D eigenvalue weighted by Crippen LogP contribution is 2.40. The van der Waals surface area contributed by atoms with Crippen molar-refractivity contribution in [3.63, 3.8) is 0 Å². The van der Waals surface area contributed by atoms with Crippen molar-refractivity contribution >= 4 is 28.4 Å². The molecule has 0 unspecified atom stereocenters. The highest BCUT2D eigenvalue weighted by atomic mass is 35.5. The molecule has 4 nitrogen and oxygen atoms in total. The summed E-state index contributed by atoms with van der Waals surface area (Å²) >= 11 is 5.93. The molecule has 1 atom stereocenters. The molecule has 8 heteroatoms. The third-order valence-corrected chi connectivity index (χ3v) is 7.13. The quantitative estimate of drug-likeness (QED) is 0.212. The summed E-state index contributed by atoms with van der Waals surface area (Å²) in [5.74, 6) is -0.375. The Morgan fingerprint density at radius 2 is 1.79 bits per heavy atom. The van der Waals surface area contributed by atoms with E-state index in [1.54, 1.807) is 18.2 Å². The van der Waals surface area contributed by atoms with Crippen LogP contribution in [0.1, 0.15) is 45.9 Å². The van der Waals surface area contributed by atoms with Crippen LogP contribution in [0, 0.1) is 6.92 Å². The van der Waals surface area contributed by atoms with Gasteiger partial charge in [0, 0.05) is 36.0 Å². The summed E-state index contributed by atoms with van der Waals surface area (Å²) in [4.78, 5) is 13.1. The van der Waals surface area contributed by atoms with Gasteiger partial charge >= 0.3 is 6.18 Å². The van der Waals surface area contributed by atoms with Crippen molar-refractivity contribution in [3.8, 4) is 0 Å². The second-order valence-corrected chi connectivity index (χ2v) is 9.97. The Labute approximate surface area is 229 Å². The number of hydrogen-bond donors (Lipinski definition) is 1. The van der Waals surface area contributed by atoms with E-state index in [4.69, 9.17) is 16.0 Å². The fourth-order valence-corrected chi connectivity index (χ4v) is 5.04. The molecule has 0 radical (unpaired) electrons. The number of aromatic nitrogens is 1. The monoisotopic (exact) mass is 550 g/mol. The third-order valence-electron chi connectivity index (χ3n) is 6.80. The number of aryl methyl sites for hydroxylation is 1. The summed E-state index contributed by atoms with van der Waals surface area (Å²) in [7, 11) is 0. The molecule has 0 aliphatic rings. The molecule has 2 heterocycles. The first kappa shape index (κ1) is 26.6. The SMILES string of the molecule is Cc1ccc(Cn2cc([C@@H](CC(=O)NCc3ccco3)c3ccc(Cl)c(C(F)(F)F)c3)c3ccccc32)cc1. The van der Waals surface area contributed by atoms with Crippen molar-refractivity contribution in [3.05, 3.63) is 130 Å². The minimum atomic E-state index is -4.63. The van der Waals surface area contributed by atoms with E-state index >= 15 is 0 Å². The molecule has 0 fully saturated rings. The van der Waals surface area contributed by atoms with Crippen LogP contribution in [-0.2, 0) is 24.1 Å². The minimum Gasteiger partial charge on any atom is -0.467 e. The van der Waals surface area contributed by atoms with Gasteiger partial charge in [0.05, 0.1) is 23.4 Å². The maximum Gasteiger partial charge on any atom is 0.417 e. The fourth-order valence-electron chi connectivity index (χ4n) is 4.81. The number of halogens is 4. The van der Waals surface area contributed by atoms with Crippen LogP contribution in [0.5, 0.6) is 0 Å². The first-order valence-electron chi connectivity index (χ1n) is 12.5. The maximum atomic E-state index is 13.8. The topological polar surface area (TPSA) is 47.2 Å². The predicted molar refractivity (Wildman–Crippen MR) is 146 cm³/mol. The molecule has 0 saturated heterocycles. The van der Waals surface area contributed by atoms with E-state index in [-0.39, 0.29) is 23.9 Å². The molecule has 1 amide bonds. The molecule has 1 N–H and O–H groups in total. The Kier molecular flexibility index (Phi) is 7.53. The summed E-state index contributed by atoms with van der Waals surface area (Å²) in [6, 6.07) is 23.2. The summed E-state index contributed by atoms with van der Waals surface area (Å²) in [6.07, 6.45) is -1.23. The number of carbonyl (C=O) groups excluding carboxylic acids is 1. The maximum absolute atomic E-state index is 13.8. The van der Waals surface area contributed by atoms with Gasteiger partial charge < -0.3 is 14.3 Å². The van der Waals surface area contributed by atoms with Crippen molar-refractivity contribution < 1.29 is 22.4 Å². The molecular formula is C31H26ClF3N2O2. The van der Waals surface area contributed by atoms with Crippen molar-refractivity contribution in [1.82, 2.24) is 9.88 Å². The second-order valence-electron chi connectivity index (χ2n) is 9.56. The number of para-hydroxylation sites is 1. The van der Waals surface area contributed by atoms with Gasteiger partial charge in [-0.15, -0.1) is 0 Å². The Hall–Kier alpha value is -3.97. The van der Waals surface area contributed by atoms with Gasteiger partial charge in [0.2, 0.25) is 5.91 Å². The zero-order valence-corrected chi connectivity index (χ0v) is 21.9. The van der Waals surface area contributed by atoms with Gasteiger partial charge in [0.1, 0.15) is 5.76 Å². The number of furan rings is 1. The van der Waals surface area contributed by atoms with Crippen LogP contribution < -0.4 is 5.32 Å². The zero-order chi connectivity index (χ0) is 27.6. The van der Waals surface area contributed by atoms with Gasteiger partial charge in [-0.1, -0.05) is 65.7 Å². The summed E-state index contributed by atoms with van der Waals surface area (Å²) < 4.78 is 48.7. The van der Waals surface area contributed by atoms with E-state index < -0.39 is 17.7 Å². The Morgan fingerprint density at radius 3 is 2.51 bits per heavy atom. The van der Waals surface area contributed by atoms with Crippen molar-refractivity contribution in [2.75, 3.05) is 0 Å². The molecule has 3 aromatic carbocycles. The number of nitrogens with zero attached hydrogens (tertiary/aromatic N) is 1. The minimum absolute atomic E-state index is 0.0574. The van der Waals surface area contributed by atoms with Crippen LogP contribution in [0.25, 0.3) is 10.9 Å². The normalized spacial score (nSPS) is 12.5. The summed E-state index contributed by atoms with van der Waals surface area (Å²) in [6.45, 7) is 2.78. The molecule has 0 aliphatic carbocycles. The largest absolute Gasteiger partial charge is 0.467 e. The van der Waals surface area contributed by atoms with E-state index in [1.165, 1.54) is 12.3 Å². The zero-order valence-electron chi connectivity index (χ0n) is 21.1. The van der Waals surface area contributed by atoms with Crippen LogP contribution in [-0.4, -0.2) is 10.5 Å².